The number of allylic oxidation sites excluding steroid dienone is 1. The van der Waals surface area contributed by atoms with E-state index in [-0.39, 0.29) is 11.8 Å². The van der Waals surface area contributed by atoms with E-state index < -0.39 is 0 Å². The molecule has 1 fully saturated rings. The third-order valence-electron chi connectivity index (χ3n) is 5.88. The molecule has 5 nitrogen and oxygen atoms in total. The molecule has 2 aliphatic heterocycles. The smallest absolute Gasteiger partial charge is 0.246 e. The van der Waals surface area contributed by atoms with Crippen molar-refractivity contribution >= 4 is 40.6 Å². The van der Waals surface area contributed by atoms with Crippen LogP contribution in [0.2, 0.25) is 0 Å². The summed E-state index contributed by atoms with van der Waals surface area (Å²) in [7, 11) is 0. The van der Waals surface area contributed by atoms with E-state index in [1.165, 1.54) is 11.1 Å². The van der Waals surface area contributed by atoms with Crippen LogP contribution in [0.3, 0.4) is 0 Å². The maximum Gasteiger partial charge on any atom is 0.246 e. The fourth-order valence-electron chi connectivity index (χ4n) is 4.39. The Bertz CT molecular complexity index is 993. The van der Waals surface area contributed by atoms with Crippen LogP contribution in [0.4, 0.5) is 5.82 Å². The van der Waals surface area contributed by atoms with Crippen molar-refractivity contribution in [3.63, 3.8) is 0 Å². The number of anilines is 1. The highest BCUT2D eigenvalue weighted by Crippen LogP contribution is 2.41. The van der Waals surface area contributed by atoms with Gasteiger partial charge in [-0.1, -0.05) is 6.08 Å². The summed E-state index contributed by atoms with van der Waals surface area (Å²) in [4.78, 5) is 30.3. The number of hydrogen-bond donors (Lipinski definition) is 1. The number of nitrogens with one attached hydrogen (secondary N) is 1. The molecule has 0 aromatic carbocycles. The van der Waals surface area contributed by atoms with Crippen molar-refractivity contribution in [2.24, 2.45) is 11.8 Å². The summed E-state index contributed by atoms with van der Waals surface area (Å²) in [6.07, 6.45) is 9.78. The van der Waals surface area contributed by atoms with Gasteiger partial charge in [-0.15, -0.1) is 0 Å². The van der Waals surface area contributed by atoms with Gasteiger partial charge in [0.15, 0.2) is 0 Å². The molecule has 1 aliphatic carbocycles. The molecule has 0 radical (unpaired) electrons. The van der Waals surface area contributed by atoms with Crippen LogP contribution in [0.15, 0.2) is 41.2 Å². The minimum atomic E-state index is 0.00857. The zero-order valence-electron chi connectivity index (χ0n) is 15.4. The summed E-state index contributed by atoms with van der Waals surface area (Å²) >= 11 is 1.73. The van der Waals surface area contributed by atoms with Crippen LogP contribution in [0.25, 0.3) is 11.6 Å². The van der Waals surface area contributed by atoms with E-state index in [4.69, 9.17) is 0 Å². The average molecular weight is 391 g/mol. The SMILES string of the molecule is O=C1CCc2cc(C=CC(=O)N3CC4C=C(c5ccsc5)CC4C3)cnc2N1. The van der Waals surface area contributed by atoms with Crippen LogP contribution in [0.5, 0.6) is 0 Å². The van der Waals surface area contributed by atoms with Gasteiger partial charge in [-0.2, -0.15) is 11.3 Å². The lowest BCUT2D eigenvalue weighted by Crippen LogP contribution is -2.27. The van der Waals surface area contributed by atoms with E-state index >= 15 is 0 Å². The predicted molar refractivity (Wildman–Crippen MR) is 111 cm³/mol. The first-order valence-corrected chi connectivity index (χ1v) is 10.6. The Morgan fingerprint density at radius 1 is 1.32 bits per heavy atom. The zero-order chi connectivity index (χ0) is 19.1. The minimum Gasteiger partial charge on any atom is -0.338 e. The molecule has 0 saturated carbocycles. The number of amides is 2. The fourth-order valence-corrected chi connectivity index (χ4v) is 5.07. The van der Waals surface area contributed by atoms with Crippen LogP contribution < -0.4 is 5.32 Å². The summed E-state index contributed by atoms with van der Waals surface area (Å²) < 4.78 is 0. The Labute approximate surface area is 167 Å². The fraction of sp³-hybridized carbons (Fsp3) is 0.318. The van der Waals surface area contributed by atoms with Gasteiger partial charge in [0.2, 0.25) is 11.8 Å². The van der Waals surface area contributed by atoms with Crippen LogP contribution in [-0.2, 0) is 16.0 Å². The van der Waals surface area contributed by atoms with Gasteiger partial charge in [0.05, 0.1) is 0 Å². The molecule has 5 rings (SSSR count). The standard InChI is InChI=1S/C22H21N3O2S/c26-20-3-2-15-7-14(10-23-22(15)24-20)1-4-21(27)25-11-18-8-17(9-19(18)12-25)16-5-6-28-13-16/h1,4-8,10,13,18-19H,2-3,9,11-12H2,(H,23,24,26). The molecule has 0 spiro atoms. The van der Waals surface area contributed by atoms with Crippen molar-refractivity contribution in [1.82, 2.24) is 9.88 Å². The van der Waals surface area contributed by atoms with Crippen molar-refractivity contribution in [3.05, 3.63) is 57.9 Å². The van der Waals surface area contributed by atoms with Crippen LogP contribution in [0, 0.1) is 11.8 Å². The summed E-state index contributed by atoms with van der Waals surface area (Å²) in [6.45, 7) is 1.63. The van der Waals surface area contributed by atoms with Gasteiger partial charge in [-0.3, -0.25) is 9.59 Å². The number of carbonyl (C=O) groups is 2. The number of rotatable bonds is 3. The summed E-state index contributed by atoms with van der Waals surface area (Å²) in [6, 6.07) is 4.18. The predicted octanol–water partition coefficient (Wildman–Crippen LogP) is 3.60. The van der Waals surface area contributed by atoms with Crippen molar-refractivity contribution in [2.75, 3.05) is 18.4 Å². The Morgan fingerprint density at radius 3 is 3.07 bits per heavy atom. The molecule has 2 amide bonds. The summed E-state index contributed by atoms with van der Waals surface area (Å²) in [5.74, 6) is 1.73. The number of pyridine rings is 1. The van der Waals surface area contributed by atoms with Crippen molar-refractivity contribution < 1.29 is 9.59 Å². The molecule has 6 heteroatoms. The molecular formula is C22H21N3O2S. The van der Waals surface area contributed by atoms with Gasteiger partial charge in [0.25, 0.3) is 0 Å². The number of thiophene rings is 1. The third kappa shape index (κ3) is 3.29. The van der Waals surface area contributed by atoms with E-state index in [0.717, 1.165) is 30.6 Å². The Morgan fingerprint density at radius 2 is 2.25 bits per heavy atom. The number of fused-ring (bicyclic) bond motifs is 2. The molecule has 2 aromatic heterocycles. The summed E-state index contributed by atoms with van der Waals surface area (Å²) in [5.41, 5.74) is 4.69. The molecule has 1 saturated heterocycles. The van der Waals surface area contributed by atoms with E-state index in [1.807, 2.05) is 17.0 Å². The molecule has 142 valence electrons. The van der Waals surface area contributed by atoms with Crippen molar-refractivity contribution in [3.8, 4) is 0 Å². The molecule has 28 heavy (non-hydrogen) atoms. The Hall–Kier alpha value is -2.73. The number of hydrogen-bond acceptors (Lipinski definition) is 4. The Kier molecular flexibility index (Phi) is 4.36. The maximum absolute atomic E-state index is 12.6. The molecule has 1 N–H and O–H groups in total. The normalized spacial score (nSPS) is 23.5. The number of carbonyl (C=O) groups excluding carboxylic acids is 2. The molecule has 3 aliphatic rings. The van der Waals surface area contributed by atoms with Crippen LogP contribution in [-0.4, -0.2) is 34.8 Å². The number of aryl methyl sites for hydroxylation is 1. The first kappa shape index (κ1) is 17.4. The molecule has 4 heterocycles. The van der Waals surface area contributed by atoms with Crippen molar-refractivity contribution in [2.45, 2.75) is 19.3 Å². The zero-order valence-corrected chi connectivity index (χ0v) is 16.2. The van der Waals surface area contributed by atoms with Gasteiger partial charge in [0.1, 0.15) is 5.82 Å². The lowest BCUT2D eigenvalue weighted by molar-refractivity contribution is -0.125. The van der Waals surface area contributed by atoms with Crippen molar-refractivity contribution in [1.29, 1.82) is 0 Å². The summed E-state index contributed by atoms with van der Waals surface area (Å²) in [5, 5.41) is 7.10. The second-order valence-corrected chi connectivity index (χ2v) is 8.51. The molecule has 2 aromatic rings. The van der Waals surface area contributed by atoms with E-state index in [0.29, 0.717) is 30.5 Å². The minimum absolute atomic E-state index is 0.00857. The molecule has 0 bridgehead atoms. The van der Waals surface area contributed by atoms with E-state index in [9.17, 15) is 9.59 Å². The topological polar surface area (TPSA) is 62.3 Å². The van der Waals surface area contributed by atoms with E-state index in [2.05, 4.69) is 33.2 Å². The van der Waals surface area contributed by atoms with Crippen LogP contribution >= 0.6 is 11.3 Å². The van der Waals surface area contributed by atoms with Gasteiger partial charge >= 0.3 is 0 Å². The second kappa shape index (κ2) is 7.02. The monoisotopic (exact) mass is 391 g/mol. The van der Waals surface area contributed by atoms with E-state index in [1.54, 1.807) is 23.6 Å². The van der Waals surface area contributed by atoms with Gasteiger partial charge in [-0.05, 0) is 75.9 Å². The highest BCUT2D eigenvalue weighted by Gasteiger charge is 2.37. The molecule has 2 unspecified atom stereocenters. The molecule has 2 atom stereocenters. The number of likely N-dealkylation sites (tertiary alicyclic amines) is 1. The van der Waals surface area contributed by atoms with Crippen LogP contribution in [0.1, 0.15) is 29.5 Å². The highest BCUT2D eigenvalue weighted by molar-refractivity contribution is 7.08. The quantitative estimate of drug-likeness (QED) is 0.813. The van der Waals surface area contributed by atoms with Gasteiger partial charge in [-0.25, -0.2) is 4.98 Å². The van der Waals surface area contributed by atoms with Gasteiger partial charge < -0.3 is 10.2 Å². The first-order chi connectivity index (χ1) is 13.7. The largest absolute Gasteiger partial charge is 0.338 e. The number of nitrogens with zero attached hydrogens (tertiary/aromatic N) is 2. The van der Waals surface area contributed by atoms with Gasteiger partial charge in [0, 0.05) is 31.8 Å². The lowest BCUT2D eigenvalue weighted by atomic mass is 9.99. The maximum atomic E-state index is 12.6. The average Bonchev–Trinajstić information content (AvgIpc) is 3.41. The lowest BCUT2D eigenvalue weighted by Gasteiger charge is -2.16. The molecular weight excluding hydrogens is 370 g/mol. The second-order valence-electron chi connectivity index (χ2n) is 7.73. The number of aromatic nitrogens is 1. The first-order valence-electron chi connectivity index (χ1n) is 9.65. The highest BCUT2D eigenvalue weighted by atomic mass is 32.1. The Balaban J connectivity index is 1.23. The third-order valence-corrected chi connectivity index (χ3v) is 6.56.